The quantitative estimate of drug-likeness (QED) is 0.489. The van der Waals surface area contributed by atoms with E-state index >= 15 is 0 Å². The van der Waals surface area contributed by atoms with Crippen molar-refractivity contribution in [1.29, 1.82) is 0 Å². The van der Waals surface area contributed by atoms with E-state index in [2.05, 4.69) is 4.18 Å². The summed E-state index contributed by atoms with van der Waals surface area (Å²) in [5.41, 5.74) is -5.49. The molecule has 8 heteroatoms. The summed E-state index contributed by atoms with van der Waals surface area (Å²) in [6.45, 7) is 5.51. The molecule has 0 amide bonds. The number of halogens is 3. The van der Waals surface area contributed by atoms with Gasteiger partial charge in [0.15, 0.2) is 12.0 Å². The third kappa shape index (κ3) is 3.50. The Morgan fingerprint density at radius 1 is 1.15 bits per heavy atom. The van der Waals surface area contributed by atoms with Crippen LogP contribution in [0, 0.1) is 0 Å². The minimum absolute atomic E-state index is 0.246. The van der Waals surface area contributed by atoms with Gasteiger partial charge in [0.1, 0.15) is 0 Å². The van der Waals surface area contributed by atoms with Crippen LogP contribution in [0.5, 0.6) is 5.75 Å². The summed E-state index contributed by atoms with van der Waals surface area (Å²) in [5, 5.41) is 0. The van der Waals surface area contributed by atoms with E-state index in [0.29, 0.717) is 5.56 Å². The average Bonchev–Trinajstić information content (AvgIpc) is 2.26. The average molecular weight is 310 g/mol. The Balaban J connectivity index is 3.26. The van der Waals surface area contributed by atoms with Gasteiger partial charge in [-0.05, 0) is 23.1 Å². The van der Waals surface area contributed by atoms with Gasteiger partial charge in [-0.15, -0.1) is 0 Å². The van der Waals surface area contributed by atoms with Gasteiger partial charge in [-0.1, -0.05) is 26.8 Å². The molecule has 0 fully saturated rings. The highest BCUT2D eigenvalue weighted by Gasteiger charge is 2.48. The molecule has 1 aromatic rings. The lowest BCUT2D eigenvalue weighted by molar-refractivity contribution is -0.0500. The van der Waals surface area contributed by atoms with Crippen molar-refractivity contribution in [2.75, 3.05) is 0 Å². The molecule has 0 spiro atoms. The van der Waals surface area contributed by atoms with Crippen LogP contribution in [-0.4, -0.2) is 20.2 Å². The van der Waals surface area contributed by atoms with E-state index in [0.717, 1.165) is 6.07 Å². The van der Waals surface area contributed by atoms with Gasteiger partial charge in [0.25, 0.3) is 0 Å². The van der Waals surface area contributed by atoms with Crippen LogP contribution in [0.4, 0.5) is 13.2 Å². The van der Waals surface area contributed by atoms with E-state index in [9.17, 15) is 26.4 Å². The van der Waals surface area contributed by atoms with Gasteiger partial charge < -0.3 is 4.18 Å². The van der Waals surface area contributed by atoms with Crippen molar-refractivity contribution in [2.24, 2.45) is 0 Å². The van der Waals surface area contributed by atoms with Crippen LogP contribution < -0.4 is 4.18 Å². The van der Waals surface area contributed by atoms with Crippen LogP contribution in [0.1, 0.15) is 36.7 Å². The van der Waals surface area contributed by atoms with Crippen molar-refractivity contribution in [1.82, 2.24) is 0 Å². The van der Waals surface area contributed by atoms with E-state index in [1.807, 2.05) is 20.8 Å². The molecule has 0 aliphatic carbocycles. The number of hydrogen-bond acceptors (Lipinski definition) is 4. The van der Waals surface area contributed by atoms with Crippen LogP contribution in [-0.2, 0) is 15.5 Å². The molecular formula is C12H13F3O4S. The molecule has 20 heavy (non-hydrogen) atoms. The zero-order valence-corrected chi connectivity index (χ0v) is 11.8. The van der Waals surface area contributed by atoms with E-state index in [1.165, 1.54) is 12.1 Å². The number of rotatable bonds is 3. The Kier molecular flexibility index (Phi) is 4.19. The minimum Gasteiger partial charge on any atom is -0.375 e. The molecule has 0 aromatic heterocycles. The van der Waals surface area contributed by atoms with Crippen molar-refractivity contribution >= 4 is 16.4 Å². The highest BCUT2D eigenvalue weighted by Crippen LogP contribution is 2.31. The molecule has 112 valence electrons. The smallest absolute Gasteiger partial charge is 0.375 e. The van der Waals surface area contributed by atoms with Crippen molar-refractivity contribution in [2.45, 2.75) is 31.7 Å². The lowest BCUT2D eigenvalue weighted by atomic mass is 9.86. The second-order valence-corrected chi connectivity index (χ2v) is 6.64. The first-order valence-corrected chi connectivity index (χ1v) is 6.90. The molecule has 1 rings (SSSR count). The maximum absolute atomic E-state index is 12.2. The zero-order chi connectivity index (χ0) is 15.8. The maximum atomic E-state index is 12.2. The molecular weight excluding hydrogens is 297 g/mol. The Morgan fingerprint density at radius 2 is 1.70 bits per heavy atom. The Bertz CT molecular complexity index is 613. The number of aldehydes is 1. The molecule has 0 heterocycles. The third-order valence-corrected chi connectivity index (χ3v) is 3.45. The molecule has 0 saturated carbocycles. The molecule has 0 aliphatic heterocycles. The Hall–Kier alpha value is -1.57. The predicted octanol–water partition coefficient (Wildman–Crippen LogP) is 3.03. The number of carbonyl (C=O) groups excluding carboxylic acids is 1. The summed E-state index contributed by atoms with van der Waals surface area (Å²) in [6.07, 6.45) is 0.246. The van der Waals surface area contributed by atoms with Gasteiger partial charge in [-0.2, -0.15) is 21.6 Å². The number of carbonyl (C=O) groups is 1. The van der Waals surface area contributed by atoms with Gasteiger partial charge in [-0.3, -0.25) is 4.79 Å². The first-order valence-electron chi connectivity index (χ1n) is 5.49. The predicted molar refractivity (Wildman–Crippen MR) is 66.1 cm³/mol. The first-order chi connectivity index (χ1) is 8.88. The van der Waals surface area contributed by atoms with Gasteiger partial charge in [0, 0.05) is 0 Å². The van der Waals surface area contributed by atoms with E-state index < -0.39 is 21.4 Å². The van der Waals surface area contributed by atoms with Crippen LogP contribution in [0.2, 0.25) is 0 Å². The van der Waals surface area contributed by atoms with E-state index in [4.69, 9.17) is 0 Å². The molecule has 0 N–H and O–H groups in total. The second kappa shape index (κ2) is 5.08. The molecule has 1 aromatic carbocycles. The number of alkyl halides is 3. The van der Waals surface area contributed by atoms with Crippen molar-refractivity contribution in [3.8, 4) is 5.75 Å². The molecule has 0 unspecified atom stereocenters. The summed E-state index contributed by atoms with van der Waals surface area (Å²) < 4.78 is 62.5. The highest BCUT2D eigenvalue weighted by atomic mass is 32.2. The summed E-state index contributed by atoms with van der Waals surface area (Å²) in [4.78, 5) is 10.9. The summed E-state index contributed by atoms with van der Waals surface area (Å²) >= 11 is 0. The third-order valence-electron chi connectivity index (χ3n) is 2.49. The van der Waals surface area contributed by atoms with Crippen molar-refractivity contribution < 1.29 is 30.6 Å². The molecule has 0 saturated heterocycles. The first kappa shape index (κ1) is 16.5. The monoisotopic (exact) mass is 310 g/mol. The number of hydrogen-bond donors (Lipinski definition) is 0. The van der Waals surface area contributed by atoms with Crippen molar-refractivity contribution in [3.05, 3.63) is 29.3 Å². The van der Waals surface area contributed by atoms with Gasteiger partial charge >= 0.3 is 15.6 Å². The standard InChI is InChI=1S/C12H13F3O4S/c1-11(2,3)9-4-5-10(8(6-9)7-16)19-20(17,18)12(13,14)15/h4-7H,1-3H3. The molecule has 0 radical (unpaired) electrons. The van der Waals surface area contributed by atoms with Crippen LogP contribution in [0.25, 0.3) is 0 Å². The fraction of sp³-hybridized carbons (Fsp3) is 0.417. The zero-order valence-electron chi connectivity index (χ0n) is 11.0. The summed E-state index contributed by atoms with van der Waals surface area (Å²) in [7, 11) is -5.79. The SMILES string of the molecule is CC(C)(C)c1ccc(OS(=O)(=O)C(F)(F)F)c(C=O)c1. The topological polar surface area (TPSA) is 60.4 Å². The molecule has 0 atom stereocenters. The largest absolute Gasteiger partial charge is 0.534 e. The lowest BCUT2D eigenvalue weighted by Gasteiger charge is -2.20. The fourth-order valence-corrected chi connectivity index (χ4v) is 1.83. The highest BCUT2D eigenvalue weighted by molar-refractivity contribution is 7.88. The lowest BCUT2D eigenvalue weighted by Crippen LogP contribution is -2.28. The van der Waals surface area contributed by atoms with Crippen LogP contribution in [0.3, 0.4) is 0 Å². The van der Waals surface area contributed by atoms with E-state index in [1.54, 1.807) is 0 Å². The van der Waals surface area contributed by atoms with Crippen LogP contribution >= 0.6 is 0 Å². The van der Waals surface area contributed by atoms with Gasteiger partial charge in [0.05, 0.1) is 5.56 Å². The summed E-state index contributed by atoms with van der Waals surface area (Å²) in [6, 6.07) is 3.75. The normalized spacial score (nSPS) is 13.1. The second-order valence-electron chi connectivity index (χ2n) is 5.10. The fourth-order valence-electron chi connectivity index (χ4n) is 1.35. The number of benzene rings is 1. The maximum Gasteiger partial charge on any atom is 0.534 e. The van der Waals surface area contributed by atoms with E-state index in [-0.39, 0.29) is 17.3 Å². The molecule has 4 nitrogen and oxygen atoms in total. The van der Waals surface area contributed by atoms with Crippen molar-refractivity contribution in [3.63, 3.8) is 0 Å². The molecule has 0 aliphatic rings. The molecule has 0 bridgehead atoms. The van der Waals surface area contributed by atoms with Gasteiger partial charge in [-0.25, -0.2) is 0 Å². The van der Waals surface area contributed by atoms with Gasteiger partial charge in [0.2, 0.25) is 0 Å². The minimum atomic E-state index is -5.79. The summed E-state index contributed by atoms with van der Waals surface area (Å²) in [5.74, 6) is -0.648. The Morgan fingerprint density at radius 3 is 2.10 bits per heavy atom. The Labute approximate surface area is 114 Å². The van der Waals surface area contributed by atoms with Crippen LogP contribution in [0.15, 0.2) is 18.2 Å².